The number of carbonyl (C=O) groups excluding carboxylic acids is 2. The lowest BCUT2D eigenvalue weighted by Gasteiger charge is -2.05. The first kappa shape index (κ1) is 13.2. The SMILES string of the molecule is CCCNC(=O)CNC(=O)Cc1ccccc1. The molecule has 0 aliphatic carbocycles. The van der Waals surface area contributed by atoms with E-state index in [9.17, 15) is 9.59 Å². The quantitative estimate of drug-likeness (QED) is 0.767. The molecule has 4 nitrogen and oxygen atoms in total. The van der Waals surface area contributed by atoms with E-state index < -0.39 is 0 Å². The van der Waals surface area contributed by atoms with Crippen LogP contribution in [0.25, 0.3) is 0 Å². The van der Waals surface area contributed by atoms with Crippen LogP contribution < -0.4 is 10.6 Å². The summed E-state index contributed by atoms with van der Waals surface area (Å²) in [5, 5.41) is 5.29. The van der Waals surface area contributed by atoms with Crippen LogP contribution in [0.2, 0.25) is 0 Å². The number of hydrogen-bond acceptors (Lipinski definition) is 2. The van der Waals surface area contributed by atoms with Gasteiger partial charge in [0.15, 0.2) is 0 Å². The molecule has 0 saturated carbocycles. The van der Waals surface area contributed by atoms with Gasteiger partial charge in [-0.1, -0.05) is 37.3 Å². The molecule has 0 spiro atoms. The van der Waals surface area contributed by atoms with Crippen molar-refractivity contribution in [1.29, 1.82) is 0 Å². The van der Waals surface area contributed by atoms with Gasteiger partial charge in [0, 0.05) is 6.54 Å². The number of nitrogens with one attached hydrogen (secondary N) is 2. The van der Waals surface area contributed by atoms with Crippen LogP contribution in [-0.2, 0) is 16.0 Å². The first-order valence-electron chi connectivity index (χ1n) is 5.79. The Labute approximate surface area is 101 Å². The van der Waals surface area contributed by atoms with Crippen molar-refractivity contribution >= 4 is 11.8 Å². The molecule has 0 aliphatic rings. The van der Waals surface area contributed by atoms with Crippen LogP contribution in [0, 0.1) is 0 Å². The Morgan fingerprint density at radius 2 is 1.76 bits per heavy atom. The molecule has 2 N–H and O–H groups in total. The largest absolute Gasteiger partial charge is 0.355 e. The maximum absolute atomic E-state index is 11.5. The second kappa shape index (κ2) is 7.44. The zero-order valence-electron chi connectivity index (χ0n) is 10.0. The number of benzene rings is 1. The van der Waals surface area contributed by atoms with Crippen molar-refractivity contribution in [1.82, 2.24) is 10.6 Å². The summed E-state index contributed by atoms with van der Waals surface area (Å²) in [4.78, 5) is 22.7. The van der Waals surface area contributed by atoms with Crippen molar-refractivity contribution in [2.45, 2.75) is 19.8 Å². The predicted octanol–water partition coefficient (Wildman–Crippen LogP) is 0.871. The Balaban J connectivity index is 2.24. The van der Waals surface area contributed by atoms with Crippen molar-refractivity contribution in [3.05, 3.63) is 35.9 Å². The van der Waals surface area contributed by atoms with Crippen LogP contribution in [0.15, 0.2) is 30.3 Å². The molecule has 0 radical (unpaired) electrons. The summed E-state index contributed by atoms with van der Waals surface area (Å²) in [6, 6.07) is 9.44. The summed E-state index contributed by atoms with van der Waals surface area (Å²) in [6.45, 7) is 2.67. The first-order valence-corrected chi connectivity index (χ1v) is 5.79. The van der Waals surface area contributed by atoms with Gasteiger partial charge in [-0.3, -0.25) is 9.59 Å². The second-order valence-corrected chi connectivity index (χ2v) is 3.79. The highest BCUT2D eigenvalue weighted by atomic mass is 16.2. The molecular formula is C13H18N2O2. The van der Waals surface area contributed by atoms with Crippen molar-refractivity contribution < 1.29 is 9.59 Å². The van der Waals surface area contributed by atoms with Gasteiger partial charge in [-0.05, 0) is 12.0 Å². The topological polar surface area (TPSA) is 58.2 Å². The number of carbonyl (C=O) groups is 2. The van der Waals surface area contributed by atoms with Gasteiger partial charge in [0.25, 0.3) is 0 Å². The van der Waals surface area contributed by atoms with E-state index in [-0.39, 0.29) is 18.4 Å². The Morgan fingerprint density at radius 3 is 2.41 bits per heavy atom. The molecule has 1 aromatic carbocycles. The van der Waals surface area contributed by atoms with Crippen LogP contribution in [0.5, 0.6) is 0 Å². The Kier molecular flexibility index (Phi) is 5.79. The fourth-order valence-electron chi connectivity index (χ4n) is 1.35. The van der Waals surface area contributed by atoms with Crippen LogP contribution in [-0.4, -0.2) is 24.9 Å². The third kappa shape index (κ3) is 5.70. The highest BCUT2D eigenvalue weighted by molar-refractivity contribution is 5.85. The summed E-state index contributed by atoms with van der Waals surface area (Å²) >= 11 is 0. The zero-order chi connectivity index (χ0) is 12.5. The fourth-order valence-corrected chi connectivity index (χ4v) is 1.35. The van der Waals surface area contributed by atoms with Crippen LogP contribution in [0.4, 0.5) is 0 Å². The predicted molar refractivity (Wildman–Crippen MR) is 66.5 cm³/mol. The molecule has 1 aromatic rings. The minimum atomic E-state index is -0.145. The van der Waals surface area contributed by atoms with E-state index in [2.05, 4.69) is 10.6 Å². The summed E-state index contributed by atoms with van der Waals surface area (Å²) in [5.41, 5.74) is 0.943. The van der Waals surface area contributed by atoms with E-state index in [0.717, 1.165) is 12.0 Å². The van der Waals surface area contributed by atoms with E-state index in [1.165, 1.54) is 0 Å². The van der Waals surface area contributed by atoms with Gasteiger partial charge in [-0.15, -0.1) is 0 Å². The minimum Gasteiger partial charge on any atom is -0.355 e. The Hall–Kier alpha value is -1.84. The number of rotatable bonds is 6. The van der Waals surface area contributed by atoms with Gasteiger partial charge < -0.3 is 10.6 Å². The second-order valence-electron chi connectivity index (χ2n) is 3.79. The molecule has 0 saturated heterocycles. The summed E-state index contributed by atoms with van der Waals surface area (Å²) in [7, 11) is 0. The van der Waals surface area contributed by atoms with Crippen LogP contribution >= 0.6 is 0 Å². The lowest BCUT2D eigenvalue weighted by molar-refractivity contribution is -0.125. The summed E-state index contributed by atoms with van der Waals surface area (Å²) < 4.78 is 0. The molecule has 0 aliphatic heterocycles. The van der Waals surface area contributed by atoms with Crippen LogP contribution in [0.1, 0.15) is 18.9 Å². The molecule has 0 bridgehead atoms. The highest BCUT2D eigenvalue weighted by Crippen LogP contribution is 1.98. The monoisotopic (exact) mass is 234 g/mol. The summed E-state index contributed by atoms with van der Waals surface area (Å²) in [5.74, 6) is -0.281. The molecule has 92 valence electrons. The van der Waals surface area contributed by atoms with Crippen molar-refractivity contribution in [3.8, 4) is 0 Å². The first-order chi connectivity index (χ1) is 8.22. The van der Waals surface area contributed by atoms with Gasteiger partial charge in [0.2, 0.25) is 11.8 Å². The normalized spacial score (nSPS) is 9.71. The van der Waals surface area contributed by atoms with Crippen molar-refractivity contribution in [2.24, 2.45) is 0 Å². The molecule has 0 atom stereocenters. The van der Waals surface area contributed by atoms with Gasteiger partial charge in [-0.2, -0.15) is 0 Å². The van der Waals surface area contributed by atoms with Gasteiger partial charge in [0.1, 0.15) is 0 Å². The maximum atomic E-state index is 11.5. The van der Waals surface area contributed by atoms with E-state index in [0.29, 0.717) is 13.0 Å². The Bertz CT molecular complexity index is 363. The van der Waals surface area contributed by atoms with E-state index in [1.807, 2.05) is 37.3 Å². The number of amides is 2. The molecule has 1 rings (SSSR count). The lowest BCUT2D eigenvalue weighted by Crippen LogP contribution is -2.37. The molecule has 4 heteroatoms. The van der Waals surface area contributed by atoms with E-state index in [1.54, 1.807) is 0 Å². The zero-order valence-corrected chi connectivity index (χ0v) is 10.0. The minimum absolute atomic E-state index is 0.0473. The lowest BCUT2D eigenvalue weighted by atomic mass is 10.1. The Morgan fingerprint density at radius 1 is 1.06 bits per heavy atom. The molecule has 17 heavy (non-hydrogen) atoms. The standard InChI is InChI=1S/C13H18N2O2/c1-2-8-14-13(17)10-15-12(16)9-11-6-4-3-5-7-11/h3-7H,2,8-10H2,1H3,(H,14,17)(H,15,16). The average Bonchev–Trinajstić information content (AvgIpc) is 2.35. The van der Waals surface area contributed by atoms with Gasteiger partial charge >= 0.3 is 0 Å². The van der Waals surface area contributed by atoms with Gasteiger partial charge in [0.05, 0.1) is 13.0 Å². The van der Waals surface area contributed by atoms with Crippen LogP contribution in [0.3, 0.4) is 0 Å². The third-order valence-electron chi connectivity index (χ3n) is 2.23. The highest BCUT2D eigenvalue weighted by Gasteiger charge is 2.05. The molecule has 0 heterocycles. The summed E-state index contributed by atoms with van der Waals surface area (Å²) in [6.07, 6.45) is 1.20. The smallest absolute Gasteiger partial charge is 0.239 e. The maximum Gasteiger partial charge on any atom is 0.239 e. The van der Waals surface area contributed by atoms with E-state index in [4.69, 9.17) is 0 Å². The van der Waals surface area contributed by atoms with Crippen molar-refractivity contribution in [3.63, 3.8) is 0 Å². The van der Waals surface area contributed by atoms with E-state index >= 15 is 0 Å². The fraction of sp³-hybridized carbons (Fsp3) is 0.385. The number of hydrogen-bond donors (Lipinski definition) is 2. The molecule has 2 amide bonds. The average molecular weight is 234 g/mol. The molecule has 0 unspecified atom stereocenters. The van der Waals surface area contributed by atoms with Gasteiger partial charge in [-0.25, -0.2) is 0 Å². The molecular weight excluding hydrogens is 216 g/mol. The third-order valence-corrected chi connectivity index (χ3v) is 2.23. The molecule has 0 aromatic heterocycles. The van der Waals surface area contributed by atoms with Crippen molar-refractivity contribution in [2.75, 3.05) is 13.1 Å². The molecule has 0 fully saturated rings.